The van der Waals surface area contributed by atoms with Crippen molar-refractivity contribution >= 4 is 12.0 Å². The molecule has 0 amide bonds. The number of aliphatic carboxylic acids is 1. The van der Waals surface area contributed by atoms with E-state index in [2.05, 4.69) is 0 Å². The Labute approximate surface area is 148 Å². The van der Waals surface area contributed by atoms with Crippen molar-refractivity contribution < 1.29 is 49.6 Å². The zero-order valence-electron chi connectivity index (χ0n) is 13.7. The smallest absolute Gasteiger partial charge is 0.328 e. The first kappa shape index (κ1) is 19.9. The molecule has 1 aromatic rings. The van der Waals surface area contributed by atoms with E-state index in [9.17, 15) is 30.3 Å². The molecule has 0 unspecified atom stereocenters. The third-order valence-corrected chi connectivity index (χ3v) is 3.81. The summed E-state index contributed by atoms with van der Waals surface area (Å²) in [5.41, 5.74) is 0.180. The highest BCUT2D eigenvalue weighted by Gasteiger charge is 2.44. The van der Waals surface area contributed by atoms with E-state index in [0.717, 1.165) is 12.1 Å². The second-order valence-corrected chi connectivity index (χ2v) is 5.55. The number of aromatic hydroxyl groups is 1. The predicted molar refractivity (Wildman–Crippen MR) is 85.7 cm³/mol. The second-order valence-electron chi connectivity index (χ2n) is 5.55. The van der Waals surface area contributed by atoms with Crippen molar-refractivity contribution in [3.63, 3.8) is 0 Å². The van der Waals surface area contributed by atoms with Gasteiger partial charge in [0.2, 0.25) is 6.29 Å². The molecule has 6 N–H and O–H groups in total. The molecular weight excluding hydrogens is 352 g/mol. The molecule has 0 bridgehead atoms. The van der Waals surface area contributed by atoms with Gasteiger partial charge in [0.15, 0.2) is 11.5 Å². The lowest BCUT2D eigenvalue weighted by atomic mass is 9.99. The van der Waals surface area contributed by atoms with Crippen molar-refractivity contribution in [2.45, 2.75) is 30.7 Å². The Balaban J connectivity index is 2.34. The van der Waals surface area contributed by atoms with Crippen LogP contribution in [0.1, 0.15) is 5.56 Å². The number of carboxylic acids is 1. The summed E-state index contributed by atoms with van der Waals surface area (Å²) in [5.74, 6) is -1.57. The molecule has 0 radical (unpaired) electrons. The van der Waals surface area contributed by atoms with E-state index in [-0.39, 0.29) is 22.8 Å². The molecule has 26 heavy (non-hydrogen) atoms. The Bertz CT molecular complexity index is 671. The van der Waals surface area contributed by atoms with Crippen molar-refractivity contribution in [1.82, 2.24) is 0 Å². The van der Waals surface area contributed by atoms with Crippen LogP contribution in [0.4, 0.5) is 0 Å². The van der Waals surface area contributed by atoms with Gasteiger partial charge in [0.1, 0.15) is 30.2 Å². The minimum absolute atomic E-state index is 0.0520. The lowest BCUT2D eigenvalue weighted by molar-refractivity contribution is -0.277. The van der Waals surface area contributed by atoms with E-state index in [1.54, 1.807) is 0 Å². The van der Waals surface area contributed by atoms with E-state index >= 15 is 0 Å². The van der Waals surface area contributed by atoms with Crippen LogP contribution in [0.15, 0.2) is 18.2 Å². The van der Waals surface area contributed by atoms with Crippen LogP contribution in [0.2, 0.25) is 0 Å². The summed E-state index contributed by atoms with van der Waals surface area (Å²) in [7, 11) is 1.30. The van der Waals surface area contributed by atoms with Gasteiger partial charge in [-0.05, 0) is 12.1 Å². The number of benzene rings is 1. The number of methoxy groups -OCH3 is 1. The highest BCUT2D eigenvalue weighted by molar-refractivity contribution is 5.86. The van der Waals surface area contributed by atoms with Crippen molar-refractivity contribution in [2.24, 2.45) is 0 Å². The first-order chi connectivity index (χ1) is 12.3. The number of carboxylic acid groups (broad SMARTS) is 1. The maximum atomic E-state index is 10.7. The Kier molecular flexibility index (Phi) is 6.40. The van der Waals surface area contributed by atoms with Crippen LogP contribution in [0, 0.1) is 0 Å². The van der Waals surface area contributed by atoms with Crippen LogP contribution >= 0.6 is 0 Å². The molecule has 2 rings (SSSR count). The van der Waals surface area contributed by atoms with Gasteiger partial charge in [-0.25, -0.2) is 4.79 Å². The molecule has 10 nitrogen and oxygen atoms in total. The molecule has 0 aliphatic carbocycles. The standard InChI is InChI=1S/C16H20O10/c1-24-10-4-7(2-3-12(19)20)9(5-8(10)18)25-16-15(23)14(22)13(21)11(6-17)26-16/h2-5,11,13-18,21-23H,6H2,1H3,(H,19,20)/b3-2+/t11-,13-,14+,15-,16-/m1/s1. The average Bonchev–Trinajstić information content (AvgIpc) is 2.61. The largest absolute Gasteiger partial charge is 0.504 e. The number of rotatable bonds is 6. The number of hydrogen-bond acceptors (Lipinski definition) is 9. The van der Waals surface area contributed by atoms with Crippen LogP contribution in [0.3, 0.4) is 0 Å². The van der Waals surface area contributed by atoms with Gasteiger partial charge in [0.05, 0.1) is 13.7 Å². The van der Waals surface area contributed by atoms with Gasteiger partial charge in [-0.2, -0.15) is 0 Å². The fraction of sp³-hybridized carbons (Fsp3) is 0.438. The Hall–Kier alpha value is -2.37. The van der Waals surface area contributed by atoms with Gasteiger partial charge in [-0.3, -0.25) is 0 Å². The summed E-state index contributed by atoms with van der Waals surface area (Å²) >= 11 is 0. The molecule has 5 atom stereocenters. The third kappa shape index (κ3) is 4.23. The van der Waals surface area contributed by atoms with Gasteiger partial charge >= 0.3 is 5.97 Å². The number of phenols is 1. The summed E-state index contributed by atoms with van der Waals surface area (Å²) < 4.78 is 15.6. The van der Waals surface area contributed by atoms with Crippen LogP contribution < -0.4 is 9.47 Å². The fourth-order valence-corrected chi connectivity index (χ4v) is 2.41. The molecule has 10 heteroatoms. The monoisotopic (exact) mass is 372 g/mol. The molecule has 144 valence electrons. The SMILES string of the molecule is COc1cc(/C=C/C(=O)O)c(O[C@@H]2O[C@H](CO)[C@@H](O)[C@H](O)[C@H]2O)cc1O. The summed E-state index contributed by atoms with van der Waals surface area (Å²) in [5, 5.41) is 57.5. The van der Waals surface area contributed by atoms with Crippen molar-refractivity contribution in [2.75, 3.05) is 13.7 Å². The van der Waals surface area contributed by atoms with Crippen molar-refractivity contribution in [3.8, 4) is 17.2 Å². The Morgan fingerprint density at radius 2 is 1.88 bits per heavy atom. The van der Waals surface area contributed by atoms with Crippen LogP contribution in [-0.4, -0.2) is 81.0 Å². The van der Waals surface area contributed by atoms with Gasteiger partial charge in [-0.1, -0.05) is 0 Å². The van der Waals surface area contributed by atoms with E-state index in [1.165, 1.54) is 19.3 Å². The quantitative estimate of drug-likeness (QED) is 0.330. The molecule has 0 aromatic heterocycles. The summed E-state index contributed by atoms with van der Waals surface area (Å²) in [6.07, 6.45) is -5.52. The van der Waals surface area contributed by atoms with Crippen molar-refractivity contribution in [3.05, 3.63) is 23.8 Å². The molecule has 1 fully saturated rings. The lowest BCUT2D eigenvalue weighted by Crippen LogP contribution is -2.60. The molecule has 1 aliphatic rings. The highest BCUT2D eigenvalue weighted by atomic mass is 16.7. The van der Waals surface area contributed by atoms with Gasteiger partial charge in [0.25, 0.3) is 0 Å². The first-order valence-electron chi connectivity index (χ1n) is 7.57. The molecule has 1 heterocycles. The molecule has 1 aliphatic heterocycles. The van der Waals surface area contributed by atoms with Crippen LogP contribution in [0.25, 0.3) is 6.08 Å². The molecule has 1 aromatic carbocycles. The number of aliphatic hydroxyl groups is 4. The first-order valence-corrected chi connectivity index (χ1v) is 7.57. The maximum Gasteiger partial charge on any atom is 0.328 e. The predicted octanol–water partition coefficient (Wildman–Crippen LogP) is -1.32. The molecule has 0 saturated carbocycles. The van der Waals surface area contributed by atoms with Crippen LogP contribution in [0.5, 0.6) is 17.2 Å². The van der Waals surface area contributed by atoms with Crippen molar-refractivity contribution in [1.29, 1.82) is 0 Å². The second kappa shape index (κ2) is 8.34. The normalized spacial score (nSPS) is 28.9. The van der Waals surface area contributed by atoms with E-state index in [1.807, 2.05) is 0 Å². The minimum Gasteiger partial charge on any atom is -0.504 e. The fourth-order valence-electron chi connectivity index (χ4n) is 2.41. The average molecular weight is 372 g/mol. The topological polar surface area (TPSA) is 166 Å². The lowest BCUT2D eigenvalue weighted by Gasteiger charge is -2.39. The van der Waals surface area contributed by atoms with E-state index in [0.29, 0.717) is 0 Å². The Morgan fingerprint density at radius 3 is 2.46 bits per heavy atom. The third-order valence-electron chi connectivity index (χ3n) is 3.81. The van der Waals surface area contributed by atoms with Crippen LogP contribution in [-0.2, 0) is 9.53 Å². The Morgan fingerprint density at radius 1 is 1.19 bits per heavy atom. The van der Waals surface area contributed by atoms with Gasteiger partial charge in [-0.15, -0.1) is 0 Å². The number of aliphatic hydroxyl groups excluding tert-OH is 4. The van der Waals surface area contributed by atoms with Gasteiger partial charge < -0.3 is 44.8 Å². The maximum absolute atomic E-state index is 10.7. The zero-order valence-corrected chi connectivity index (χ0v) is 13.7. The summed E-state index contributed by atoms with van der Waals surface area (Å²) in [4.78, 5) is 10.7. The van der Waals surface area contributed by atoms with E-state index < -0.39 is 43.3 Å². The zero-order chi connectivity index (χ0) is 19.4. The summed E-state index contributed by atoms with van der Waals surface area (Å²) in [6, 6.07) is 2.41. The summed E-state index contributed by atoms with van der Waals surface area (Å²) in [6.45, 7) is -0.634. The minimum atomic E-state index is -1.66. The number of ether oxygens (including phenoxy) is 3. The number of hydrogen-bond donors (Lipinski definition) is 6. The van der Waals surface area contributed by atoms with Gasteiger partial charge in [0, 0.05) is 17.7 Å². The number of phenolic OH excluding ortho intramolecular Hbond substituents is 1. The number of carbonyl (C=O) groups is 1. The molecule has 1 saturated heterocycles. The highest BCUT2D eigenvalue weighted by Crippen LogP contribution is 2.36. The molecule has 0 spiro atoms. The molecular formula is C16H20O10. The van der Waals surface area contributed by atoms with E-state index in [4.69, 9.17) is 19.3 Å².